The number of fused-ring (bicyclic) bond motifs is 3. The van der Waals surface area contributed by atoms with Gasteiger partial charge < -0.3 is 4.90 Å². The number of Topliss-reactive ketones (excluding diaryl/α,β-unsaturated/α-hetero) is 2. The van der Waals surface area contributed by atoms with Gasteiger partial charge in [0.05, 0.1) is 11.6 Å². The first-order valence-electron chi connectivity index (χ1n) is 12.8. The van der Waals surface area contributed by atoms with E-state index in [9.17, 15) is 9.59 Å². The first-order valence-corrected chi connectivity index (χ1v) is 14.0. The Labute approximate surface area is 234 Å². The largest absolute Gasteiger partial charge is 0.301 e. The van der Waals surface area contributed by atoms with Crippen molar-refractivity contribution in [2.45, 2.75) is 6.42 Å². The van der Waals surface area contributed by atoms with Crippen molar-refractivity contribution in [1.29, 1.82) is 0 Å². The SMILES string of the molecule is O=C1c2cc3ccccc3cc2C(=O)C1Cc1ccc(N(c2ccc(Cl)cc2)c2cccc3ccccc23)s1. The van der Waals surface area contributed by atoms with E-state index in [0.29, 0.717) is 22.6 Å². The van der Waals surface area contributed by atoms with Crippen LogP contribution in [0.2, 0.25) is 5.02 Å². The molecular formula is C34H22ClNO2S. The van der Waals surface area contributed by atoms with Crippen LogP contribution < -0.4 is 4.90 Å². The van der Waals surface area contributed by atoms with E-state index >= 15 is 0 Å². The highest BCUT2D eigenvalue weighted by Crippen LogP contribution is 2.43. The molecule has 5 aromatic carbocycles. The molecule has 1 aliphatic carbocycles. The Morgan fingerprint density at radius 2 is 1.28 bits per heavy atom. The lowest BCUT2D eigenvalue weighted by atomic mass is 9.99. The lowest BCUT2D eigenvalue weighted by Crippen LogP contribution is -2.17. The standard InChI is InChI=1S/C34H22ClNO2S/c35-24-12-14-25(15-13-24)36(31-11-5-9-21-6-3-4-10-27(21)31)32-17-16-26(39-32)20-30-33(37)28-18-22-7-1-2-8-23(22)19-29(28)34(30)38/h1-19,30H,20H2. The summed E-state index contributed by atoms with van der Waals surface area (Å²) in [5.41, 5.74) is 3.12. The molecule has 0 spiro atoms. The summed E-state index contributed by atoms with van der Waals surface area (Å²) in [5.74, 6) is -0.858. The van der Waals surface area contributed by atoms with Gasteiger partial charge >= 0.3 is 0 Å². The number of hydrogen-bond donors (Lipinski definition) is 0. The van der Waals surface area contributed by atoms with Crippen LogP contribution in [-0.4, -0.2) is 11.6 Å². The van der Waals surface area contributed by atoms with Gasteiger partial charge in [-0.1, -0.05) is 72.3 Å². The zero-order valence-electron chi connectivity index (χ0n) is 20.8. The molecule has 3 nitrogen and oxygen atoms in total. The third kappa shape index (κ3) is 4.13. The van der Waals surface area contributed by atoms with Gasteiger partial charge in [-0.3, -0.25) is 9.59 Å². The van der Waals surface area contributed by atoms with E-state index < -0.39 is 5.92 Å². The van der Waals surface area contributed by atoms with E-state index in [1.54, 1.807) is 11.3 Å². The molecule has 1 aromatic heterocycles. The van der Waals surface area contributed by atoms with Crippen LogP contribution in [0.15, 0.2) is 115 Å². The molecule has 188 valence electrons. The van der Waals surface area contributed by atoms with Gasteiger partial charge in [-0.05, 0) is 77.2 Å². The van der Waals surface area contributed by atoms with Gasteiger partial charge in [0.15, 0.2) is 11.6 Å². The van der Waals surface area contributed by atoms with Crippen molar-refractivity contribution in [2.75, 3.05) is 4.90 Å². The molecule has 6 aromatic rings. The van der Waals surface area contributed by atoms with Gasteiger partial charge in [-0.25, -0.2) is 0 Å². The summed E-state index contributed by atoms with van der Waals surface area (Å²) in [4.78, 5) is 30.0. The molecule has 0 amide bonds. The second-order valence-electron chi connectivity index (χ2n) is 9.78. The van der Waals surface area contributed by atoms with Gasteiger partial charge in [0.2, 0.25) is 0 Å². The van der Waals surface area contributed by atoms with Crippen molar-refractivity contribution in [1.82, 2.24) is 0 Å². The highest BCUT2D eigenvalue weighted by Gasteiger charge is 2.39. The Hall–Kier alpha value is -4.25. The summed E-state index contributed by atoms with van der Waals surface area (Å²) in [5, 5.41) is 5.92. The molecule has 1 aliphatic rings. The average Bonchev–Trinajstić information content (AvgIpc) is 3.52. The summed E-state index contributed by atoms with van der Waals surface area (Å²) in [6, 6.07) is 38.1. The fourth-order valence-electron chi connectivity index (χ4n) is 5.50. The molecule has 0 radical (unpaired) electrons. The summed E-state index contributed by atoms with van der Waals surface area (Å²) in [6.45, 7) is 0. The van der Waals surface area contributed by atoms with Crippen LogP contribution >= 0.6 is 22.9 Å². The van der Waals surface area contributed by atoms with Crippen LogP contribution in [0.3, 0.4) is 0 Å². The number of halogens is 1. The number of rotatable bonds is 5. The predicted octanol–water partition coefficient (Wildman–Crippen LogP) is 9.42. The Balaban J connectivity index is 1.26. The van der Waals surface area contributed by atoms with E-state index in [0.717, 1.165) is 42.8 Å². The fraction of sp³-hybridized carbons (Fsp3) is 0.0588. The zero-order valence-corrected chi connectivity index (χ0v) is 22.4. The van der Waals surface area contributed by atoms with E-state index in [1.807, 2.05) is 78.9 Å². The first-order chi connectivity index (χ1) is 19.1. The third-order valence-corrected chi connectivity index (χ3v) is 8.76. The summed E-state index contributed by atoms with van der Waals surface area (Å²) in [6.07, 6.45) is 0.386. The maximum absolute atomic E-state index is 13.4. The van der Waals surface area contributed by atoms with Crippen LogP contribution in [-0.2, 0) is 6.42 Å². The average molecular weight is 544 g/mol. The van der Waals surface area contributed by atoms with Gasteiger partial charge in [0, 0.05) is 32.1 Å². The van der Waals surface area contributed by atoms with E-state index in [2.05, 4.69) is 41.3 Å². The molecule has 0 bridgehead atoms. The van der Waals surface area contributed by atoms with Crippen LogP contribution in [0.4, 0.5) is 16.4 Å². The van der Waals surface area contributed by atoms with E-state index in [4.69, 9.17) is 11.6 Å². The Morgan fingerprint density at radius 3 is 1.97 bits per heavy atom. The highest BCUT2D eigenvalue weighted by molar-refractivity contribution is 7.16. The monoisotopic (exact) mass is 543 g/mol. The number of hydrogen-bond acceptors (Lipinski definition) is 4. The molecule has 0 fully saturated rings. The molecule has 0 saturated heterocycles. The zero-order chi connectivity index (χ0) is 26.5. The molecule has 0 aliphatic heterocycles. The highest BCUT2D eigenvalue weighted by atomic mass is 35.5. The lowest BCUT2D eigenvalue weighted by Gasteiger charge is -2.25. The second-order valence-corrected chi connectivity index (χ2v) is 11.4. The molecule has 39 heavy (non-hydrogen) atoms. The minimum atomic E-state index is -0.690. The second kappa shape index (κ2) is 9.49. The number of anilines is 3. The lowest BCUT2D eigenvalue weighted by molar-refractivity contribution is 0.0839. The van der Waals surface area contributed by atoms with Gasteiger partial charge in [0.1, 0.15) is 5.00 Å². The number of carbonyl (C=O) groups excluding carboxylic acids is 2. The minimum absolute atomic E-state index is 0.0840. The van der Waals surface area contributed by atoms with Crippen molar-refractivity contribution >= 4 is 72.4 Å². The van der Waals surface area contributed by atoms with Crippen LogP contribution in [0.1, 0.15) is 25.6 Å². The number of thiophene rings is 1. The van der Waals surface area contributed by atoms with Crippen LogP contribution in [0.25, 0.3) is 21.5 Å². The molecule has 7 rings (SSSR count). The number of ketones is 2. The van der Waals surface area contributed by atoms with E-state index in [1.165, 1.54) is 0 Å². The number of carbonyl (C=O) groups is 2. The molecule has 0 atom stereocenters. The maximum atomic E-state index is 13.4. The smallest absolute Gasteiger partial charge is 0.174 e. The maximum Gasteiger partial charge on any atom is 0.174 e. The Morgan fingerprint density at radius 1 is 0.667 bits per heavy atom. The van der Waals surface area contributed by atoms with Crippen molar-refractivity contribution in [3.8, 4) is 0 Å². The molecule has 0 N–H and O–H groups in total. The minimum Gasteiger partial charge on any atom is -0.301 e. The molecule has 0 unspecified atom stereocenters. The topological polar surface area (TPSA) is 37.4 Å². The first kappa shape index (κ1) is 23.8. The van der Waals surface area contributed by atoms with Gasteiger partial charge in [-0.2, -0.15) is 0 Å². The van der Waals surface area contributed by atoms with E-state index in [-0.39, 0.29) is 11.6 Å². The molecular weight excluding hydrogens is 522 g/mol. The van der Waals surface area contributed by atoms with Crippen LogP contribution in [0, 0.1) is 5.92 Å². The van der Waals surface area contributed by atoms with Crippen molar-refractivity contribution in [3.05, 3.63) is 136 Å². The summed E-state index contributed by atoms with van der Waals surface area (Å²) >= 11 is 7.83. The summed E-state index contributed by atoms with van der Waals surface area (Å²) < 4.78 is 0. The molecule has 0 saturated carbocycles. The Kier molecular flexibility index (Phi) is 5.80. The van der Waals surface area contributed by atoms with Gasteiger partial charge in [-0.15, -0.1) is 11.3 Å². The van der Waals surface area contributed by atoms with Crippen molar-refractivity contribution in [3.63, 3.8) is 0 Å². The van der Waals surface area contributed by atoms with Crippen LogP contribution in [0.5, 0.6) is 0 Å². The Bertz CT molecular complexity index is 1850. The molecule has 1 heterocycles. The third-order valence-electron chi connectivity index (χ3n) is 7.42. The van der Waals surface area contributed by atoms with Gasteiger partial charge in [0.25, 0.3) is 0 Å². The normalized spacial score (nSPS) is 13.4. The quantitative estimate of drug-likeness (QED) is 0.203. The summed E-state index contributed by atoms with van der Waals surface area (Å²) in [7, 11) is 0. The predicted molar refractivity (Wildman–Crippen MR) is 161 cm³/mol. The fourth-order valence-corrected chi connectivity index (χ4v) is 6.72. The number of benzene rings is 5. The number of nitrogens with zero attached hydrogens (tertiary/aromatic N) is 1. The van der Waals surface area contributed by atoms with Crippen molar-refractivity contribution < 1.29 is 9.59 Å². The molecule has 5 heteroatoms. The van der Waals surface area contributed by atoms with Crippen molar-refractivity contribution in [2.24, 2.45) is 5.92 Å².